The Bertz CT molecular complexity index is 3010. The summed E-state index contributed by atoms with van der Waals surface area (Å²) in [5.74, 6) is 0.150. The van der Waals surface area contributed by atoms with Crippen molar-refractivity contribution in [3.63, 3.8) is 0 Å². The first kappa shape index (κ1) is 38.5. The van der Waals surface area contributed by atoms with Gasteiger partial charge in [0.1, 0.15) is 89.6 Å². The maximum atomic E-state index is 6.62. The summed E-state index contributed by atoms with van der Waals surface area (Å²) >= 11 is 0. The highest BCUT2D eigenvalue weighted by Gasteiger charge is 2.23. The average molecular weight is 726 g/mol. The molecule has 0 unspecified atom stereocenters. The second-order valence-electron chi connectivity index (χ2n) is 14.2. The van der Waals surface area contributed by atoms with Crippen molar-refractivity contribution in [3.05, 3.63) is 115 Å². The molecule has 250 valence electrons. The topological polar surface area (TPSA) is 51.8 Å². The Morgan fingerprint density at radius 3 is 1.19 bits per heavy atom. The largest absolute Gasteiger partial charge is 0.455 e. The van der Waals surface area contributed by atoms with E-state index in [4.69, 9.17) is 97.8 Å². The number of hydrogen-bond donors (Lipinski definition) is 0. The van der Waals surface area contributed by atoms with Crippen LogP contribution in [0.4, 0.5) is 0 Å². The average Bonchev–Trinajstić information content (AvgIpc) is 3.65. The molecule has 0 aliphatic rings. The van der Waals surface area contributed by atoms with Gasteiger partial charge in [0.25, 0.3) is 0 Å². The number of aromatic nitrogens is 3. The summed E-state index contributed by atoms with van der Waals surface area (Å²) in [6, 6.07) is 39.1. The number of hydrogen-bond acceptors (Lipinski definition) is 4. The lowest BCUT2D eigenvalue weighted by Crippen LogP contribution is -2.55. The quantitative estimate of drug-likeness (QED) is 0.222. The Morgan fingerprint density at radius 1 is 0.322 bits per heavy atom. The van der Waals surface area contributed by atoms with Gasteiger partial charge in [0.2, 0.25) is 0 Å². The first-order chi connectivity index (χ1) is 28.4. The number of rotatable bonds is 6. The van der Waals surface area contributed by atoms with Gasteiger partial charge in [-0.15, -0.1) is 32.8 Å². The van der Waals surface area contributed by atoms with E-state index in [-0.39, 0.29) is 83.2 Å². The summed E-state index contributed by atoms with van der Waals surface area (Å²) in [5.41, 5.74) is 8.67. The summed E-state index contributed by atoms with van der Waals surface area (Å²) in [5, 5.41) is 1.71. The van der Waals surface area contributed by atoms with Gasteiger partial charge >= 0.3 is 0 Å². The van der Waals surface area contributed by atoms with Crippen LogP contribution in [0.2, 0.25) is 0 Å². The highest BCUT2D eigenvalue weighted by atomic mass is 16.3. The van der Waals surface area contributed by atoms with Crippen LogP contribution in [0.1, 0.15) is 0 Å². The van der Waals surface area contributed by atoms with Crippen LogP contribution in [0.25, 0.3) is 89.5 Å². The van der Waals surface area contributed by atoms with Gasteiger partial charge in [-0.25, -0.2) is 15.0 Å². The lowest BCUT2D eigenvalue weighted by atomic mass is 9.60. The second kappa shape index (κ2) is 15.0. The third-order valence-corrected chi connectivity index (χ3v) is 10.8. The van der Waals surface area contributed by atoms with E-state index in [1.165, 1.54) is 11.1 Å². The Hall–Kier alpha value is -6.00. The van der Waals surface area contributed by atoms with Crippen molar-refractivity contribution in [1.29, 1.82) is 0 Å². The van der Waals surface area contributed by atoms with Crippen LogP contribution in [0.15, 0.2) is 120 Å². The highest BCUT2D eigenvalue weighted by molar-refractivity contribution is 6.69. The Morgan fingerprint density at radius 2 is 0.712 bits per heavy atom. The van der Waals surface area contributed by atoms with Gasteiger partial charge in [0, 0.05) is 21.9 Å². The van der Waals surface area contributed by atoms with E-state index in [1.54, 1.807) is 0 Å². The lowest BCUT2D eigenvalue weighted by Gasteiger charge is -2.22. The zero-order chi connectivity index (χ0) is 41.3. The fourth-order valence-corrected chi connectivity index (χ4v) is 7.40. The highest BCUT2D eigenvalue weighted by Crippen LogP contribution is 2.37. The van der Waals surface area contributed by atoms with Crippen molar-refractivity contribution in [1.82, 2.24) is 15.0 Å². The lowest BCUT2D eigenvalue weighted by molar-refractivity contribution is 0.669. The molecule has 9 aromatic rings. The molecule has 4 nitrogen and oxygen atoms in total. The first-order valence-electron chi connectivity index (χ1n) is 18.4. The van der Waals surface area contributed by atoms with Crippen LogP contribution < -0.4 is 54.6 Å². The van der Waals surface area contributed by atoms with Crippen LogP contribution in [0.5, 0.6) is 0 Å². The third kappa shape index (κ3) is 6.54. The minimum atomic E-state index is -0.00264. The molecule has 0 bridgehead atoms. The van der Waals surface area contributed by atoms with E-state index in [0.29, 0.717) is 16.7 Å². The maximum absolute atomic E-state index is 6.62. The van der Waals surface area contributed by atoms with Crippen molar-refractivity contribution in [3.8, 4) is 67.5 Å². The van der Waals surface area contributed by atoms with E-state index in [9.17, 15) is 0 Å². The minimum absolute atomic E-state index is 0.00264. The molecule has 2 aromatic heterocycles. The van der Waals surface area contributed by atoms with Crippen molar-refractivity contribution in [2.24, 2.45) is 0 Å². The van der Waals surface area contributed by atoms with Gasteiger partial charge < -0.3 is 4.42 Å². The summed E-state index contributed by atoms with van der Waals surface area (Å²) < 4.78 is 6.62. The molecule has 9 rings (SSSR count). The number of para-hydroxylation sites is 1. The molecule has 0 N–H and O–H groups in total. The monoisotopic (exact) mass is 727 g/mol. The SMILES string of the molecule is [B]c1c([B])c([B])c(-c2nc(-c3c([B])c([B])c([B])c([B])c3[B])nc(-c3cccc4c3oc3cc(-c5ccc(-c6ccc(-c7ccccc7)cc6)cc5)ccc34)n2)c([B])c1[B]. The molecular weight excluding hydrogens is 707 g/mol. The van der Waals surface area contributed by atoms with Crippen molar-refractivity contribution in [2.75, 3.05) is 0 Å². The van der Waals surface area contributed by atoms with Crippen LogP contribution in [0, 0.1) is 0 Å². The van der Waals surface area contributed by atoms with Gasteiger partial charge in [0.05, 0.1) is 5.56 Å². The van der Waals surface area contributed by atoms with E-state index in [0.717, 1.165) is 33.0 Å². The number of fused-ring (bicyclic) bond motifs is 3. The van der Waals surface area contributed by atoms with Crippen LogP contribution in [-0.4, -0.2) is 93.4 Å². The van der Waals surface area contributed by atoms with Gasteiger partial charge in [-0.3, -0.25) is 0 Å². The van der Waals surface area contributed by atoms with E-state index in [1.807, 2.05) is 48.5 Å². The van der Waals surface area contributed by atoms with E-state index in [2.05, 4.69) is 66.7 Å². The fourth-order valence-electron chi connectivity index (χ4n) is 7.40. The normalized spacial score (nSPS) is 11.4. The first-order valence-corrected chi connectivity index (χ1v) is 18.4. The molecule has 7 aromatic carbocycles. The summed E-state index contributed by atoms with van der Waals surface area (Å²) in [6.07, 6.45) is 0. The van der Waals surface area contributed by atoms with Gasteiger partial charge in [-0.2, -0.15) is 0 Å². The Balaban J connectivity index is 1.15. The summed E-state index contributed by atoms with van der Waals surface area (Å²) in [7, 11) is 63.2. The number of furan rings is 1. The van der Waals surface area contributed by atoms with Gasteiger partial charge in [-0.05, 0) is 51.6 Å². The summed E-state index contributed by atoms with van der Waals surface area (Å²) in [4.78, 5) is 14.4. The maximum Gasteiger partial charge on any atom is 0.167 e. The standard InChI is InChI=1S/C45H19B10N3O/c46-32-30(33(47)37(51)40(54)36(32)50)44-56-43(57-45(58-44)31-34(48)38(52)41(55)39(53)35(31)49)28-8-4-7-27-26-18-17-25(19-29(26)59-42(27)28)24-15-13-23(14-16-24)22-11-9-21(10-12-22)20-5-2-1-3-6-20/h1-19H. The van der Waals surface area contributed by atoms with Crippen molar-refractivity contribution in [2.45, 2.75) is 0 Å². The van der Waals surface area contributed by atoms with Crippen molar-refractivity contribution < 1.29 is 4.42 Å². The molecule has 0 aliphatic carbocycles. The third-order valence-electron chi connectivity index (χ3n) is 10.8. The molecule has 2 heterocycles. The molecule has 59 heavy (non-hydrogen) atoms. The molecule has 14 heteroatoms. The Kier molecular flexibility index (Phi) is 9.78. The molecule has 0 atom stereocenters. The molecule has 0 saturated carbocycles. The summed E-state index contributed by atoms with van der Waals surface area (Å²) in [6.45, 7) is 0. The van der Waals surface area contributed by atoms with Crippen LogP contribution in [0.3, 0.4) is 0 Å². The van der Waals surface area contributed by atoms with Crippen LogP contribution in [-0.2, 0) is 0 Å². The zero-order valence-corrected chi connectivity index (χ0v) is 31.5. The zero-order valence-electron chi connectivity index (χ0n) is 31.5. The smallest absolute Gasteiger partial charge is 0.167 e. The van der Waals surface area contributed by atoms with E-state index < -0.39 is 0 Å². The van der Waals surface area contributed by atoms with Gasteiger partial charge in [0.15, 0.2) is 17.5 Å². The predicted octanol–water partition coefficient (Wildman–Crippen LogP) is -0.289. The fraction of sp³-hybridized carbons (Fsp3) is 0. The van der Waals surface area contributed by atoms with Gasteiger partial charge in [-0.1, -0.05) is 119 Å². The van der Waals surface area contributed by atoms with Crippen molar-refractivity contribution >= 4 is 155 Å². The molecule has 0 fully saturated rings. The van der Waals surface area contributed by atoms with Crippen LogP contribution >= 0.6 is 0 Å². The second-order valence-corrected chi connectivity index (χ2v) is 14.2. The predicted molar refractivity (Wildman–Crippen MR) is 254 cm³/mol. The number of benzene rings is 7. The molecule has 0 amide bonds. The molecule has 0 saturated heterocycles. The molecular formula is C45H19B10N3O. The Labute approximate surface area is 355 Å². The number of nitrogens with zero attached hydrogens (tertiary/aromatic N) is 3. The minimum Gasteiger partial charge on any atom is -0.455 e. The molecule has 0 spiro atoms. The molecule has 0 aliphatic heterocycles. The van der Waals surface area contributed by atoms with E-state index >= 15 is 0 Å². The molecule has 20 radical (unpaired) electrons.